The SMILES string of the molecule is COc1ccc(Cl)cc1C(=O)c1ccc2c(c1)C1(OCCCO1)C(=O)N2CC1CC1. The van der Waals surface area contributed by atoms with Gasteiger partial charge in [0.15, 0.2) is 5.78 Å². The van der Waals surface area contributed by atoms with Gasteiger partial charge in [0.1, 0.15) is 5.75 Å². The predicted molar refractivity (Wildman–Crippen MR) is 111 cm³/mol. The summed E-state index contributed by atoms with van der Waals surface area (Å²) >= 11 is 6.11. The molecular weight excluding hydrogens is 406 g/mol. The Bertz CT molecular complexity index is 1030. The van der Waals surface area contributed by atoms with Crippen molar-refractivity contribution in [3.63, 3.8) is 0 Å². The molecule has 1 amide bonds. The zero-order valence-electron chi connectivity index (χ0n) is 16.7. The average molecular weight is 428 g/mol. The van der Waals surface area contributed by atoms with E-state index >= 15 is 0 Å². The minimum absolute atomic E-state index is 0.200. The first kappa shape index (κ1) is 19.5. The molecular formula is C23H22ClNO5. The maximum Gasteiger partial charge on any atom is 0.292 e. The Balaban J connectivity index is 1.58. The Kier molecular flexibility index (Phi) is 4.81. The van der Waals surface area contributed by atoms with Gasteiger partial charge in [-0.15, -0.1) is 0 Å². The van der Waals surface area contributed by atoms with Gasteiger partial charge < -0.3 is 19.1 Å². The van der Waals surface area contributed by atoms with Crippen LogP contribution in [-0.4, -0.2) is 38.6 Å². The first-order chi connectivity index (χ1) is 14.5. The normalized spacial score (nSPS) is 19.8. The highest BCUT2D eigenvalue weighted by molar-refractivity contribution is 6.31. The van der Waals surface area contributed by atoms with Gasteiger partial charge in [0.2, 0.25) is 0 Å². The van der Waals surface area contributed by atoms with Crippen LogP contribution in [0.3, 0.4) is 0 Å². The number of nitrogens with zero attached hydrogens (tertiary/aromatic N) is 1. The maximum absolute atomic E-state index is 13.4. The number of ketones is 1. The molecule has 2 aromatic rings. The van der Waals surface area contributed by atoms with Crippen molar-refractivity contribution in [2.75, 3.05) is 31.8 Å². The maximum atomic E-state index is 13.4. The summed E-state index contributed by atoms with van der Waals surface area (Å²) in [6.45, 7) is 1.52. The summed E-state index contributed by atoms with van der Waals surface area (Å²) in [5, 5.41) is 0.446. The van der Waals surface area contributed by atoms with Crippen LogP contribution in [0, 0.1) is 5.92 Å². The highest BCUT2D eigenvalue weighted by Crippen LogP contribution is 2.47. The summed E-state index contributed by atoms with van der Waals surface area (Å²) in [4.78, 5) is 28.4. The summed E-state index contributed by atoms with van der Waals surface area (Å²) in [6.07, 6.45) is 2.98. The van der Waals surface area contributed by atoms with Crippen molar-refractivity contribution < 1.29 is 23.8 Å². The van der Waals surface area contributed by atoms with Gasteiger partial charge in [-0.25, -0.2) is 0 Å². The van der Waals surface area contributed by atoms with E-state index in [2.05, 4.69) is 0 Å². The zero-order chi connectivity index (χ0) is 20.9. The van der Waals surface area contributed by atoms with E-state index < -0.39 is 5.79 Å². The molecule has 0 bridgehead atoms. The Morgan fingerprint density at radius 2 is 1.97 bits per heavy atom. The number of hydrogen-bond donors (Lipinski definition) is 0. The topological polar surface area (TPSA) is 65.1 Å². The lowest BCUT2D eigenvalue weighted by Gasteiger charge is -2.32. The standard InChI is InChI=1S/C23H22ClNO5/c1-28-20-8-6-16(24)12-17(20)21(26)15-5-7-19-18(11-15)23(29-9-2-10-30-23)22(27)25(19)13-14-3-4-14/h5-8,11-12,14H,2-4,9-10,13H2,1H3. The average Bonchev–Trinajstić information content (AvgIpc) is 3.57. The number of amides is 1. The van der Waals surface area contributed by atoms with Crippen molar-refractivity contribution in [2.45, 2.75) is 25.0 Å². The van der Waals surface area contributed by atoms with Crippen molar-refractivity contribution in [2.24, 2.45) is 5.92 Å². The van der Waals surface area contributed by atoms with Crippen LogP contribution in [0.25, 0.3) is 0 Å². The second-order valence-electron chi connectivity index (χ2n) is 7.93. The van der Waals surface area contributed by atoms with Gasteiger partial charge in [0.25, 0.3) is 11.7 Å². The molecule has 1 saturated heterocycles. The van der Waals surface area contributed by atoms with Gasteiger partial charge in [-0.1, -0.05) is 11.6 Å². The van der Waals surface area contributed by atoms with E-state index in [0.29, 0.717) is 53.1 Å². The first-order valence-electron chi connectivity index (χ1n) is 10.2. The monoisotopic (exact) mass is 427 g/mol. The van der Waals surface area contributed by atoms with Gasteiger partial charge in [-0.2, -0.15) is 0 Å². The summed E-state index contributed by atoms with van der Waals surface area (Å²) in [5.41, 5.74) is 2.14. The number of hydrogen-bond acceptors (Lipinski definition) is 5. The minimum atomic E-state index is -1.46. The number of anilines is 1. The summed E-state index contributed by atoms with van der Waals surface area (Å²) < 4.78 is 17.2. The molecule has 1 spiro atoms. The Hall–Kier alpha value is -2.41. The molecule has 2 aromatic carbocycles. The lowest BCUT2D eigenvalue weighted by Crippen LogP contribution is -2.47. The van der Waals surface area contributed by atoms with Crippen LogP contribution < -0.4 is 9.64 Å². The molecule has 0 atom stereocenters. The van der Waals surface area contributed by atoms with Crippen LogP contribution in [0.4, 0.5) is 5.69 Å². The van der Waals surface area contributed by atoms with Crippen molar-refractivity contribution >= 4 is 29.0 Å². The van der Waals surface area contributed by atoms with Crippen molar-refractivity contribution in [3.8, 4) is 5.75 Å². The van der Waals surface area contributed by atoms with Crippen molar-refractivity contribution in [1.82, 2.24) is 0 Å². The Morgan fingerprint density at radius 1 is 1.20 bits per heavy atom. The molecule has 1 saturated carbocycles. The second kappa shape index (κ2) is 7.38. The molecule has 7 heteroatoms. The molecule has 1 aliphatic carbocycles. The summed E-state index contributed by atoms with van der Waals surface area (Å²) in [7, 11) is 1.51. The summed E-state index contributed by atoms with van der Waals surface area (Å²) in [5.74, 6) is -0.948. The number of benzene rings is 2. The molecule has 30 heavy (non-hydrogen) atoms. The third-order valence-electron chi connectivity index (χ3n) is 5.87. The lowest BCUT2D eigenvalue weighted by molar-refractivity contribution is -0.256. The minimum Gasteiger partial charge on any atom is -0.496 e. The van der Waals surface area contributed by atoms with Gasteiger partial charge in [0.05, 0.1) is 31.6 Å². The van der Waals surface area contributed by atoms with Crippen molar-refractivity contribution in [3.05, 3.63) is 58.1 Å². The fourth-order valence-corrected chi connectivity index (χ4v) is 4.32. The van der Waals surface area contributed by atoms with Crippen LogP contribution >= 0.6 is 11.6 Å². The van der Waals surface area contributed by atoms with E-state index in [1.54, 1.807) is 35.2 Å². The molecule has 0 unspecified atom stereocenters. The fraction of sp³-hybridized carbons (Fsp3) is 0.391. The van der Waals surface area contributed by atoms with E-state index in [9.17, 15) is 9.59 Å². The van der Waals surface area contributed by atoms with Gasteiger partial charge >= 0.3 is 0 Å². The number of halogens is 1. The van der Waals surface area contributed by atoms with E-state index in [1.165, 1.54) is 7.11 Å². The molecule has 2 heterocycles. The third kappa shape index (κ3) is 3.11. The molecule has 0 N–H and O–H groups in total. The number of methoxy groups -OCH3 is 1. The number of fused-ring (bicyclic) bond motifs is 2. The summed E-state index contributed by atoms with van der Waals surface area (Å²) in [6, 6.07) is 10.2. The number of carbonyl (C=O) groups is 2. The molecule has 156 valence electrons. The van der Waals surface area contributed by atoms with Gasteiger partial charge in [-0.05, 0) is 61.6 Å². The molecule has 5 rings (SSSR count). The van der Waals surface area contributed by atoms with Gasteiger partial charge in [0, 0.05) is 22.7 Å². The molecule has 3 aliphatic rings. The van der Waals surface area contributed by atoms with Crippen LogP contribution in [-0.2, 0) is 20.1 Å². The van der Waals surface area contributed by atoms with Crippen LogP contribution in [0.15, 0.2) is 36.4 Å². The first-order valence-corrected chi connectivity index (χ1v) is 10.5. The Labute approximate surface area is 179 Å². The van der Waals surface area contributed by atoms with E-state index in [4.69, 9.17) is 25.8 Å². The van der Waals surface area contributed by atoms with Crippen LogP contribution in [0.1, 0.15) is 40.7 Å². The smallest absolute Gasteiger partial charge is 0.292 e. The van der Waals surface area contributed by atoms with Gasteiger partial charge in [-0.3, -0.25) is 9.59 Å². The predicted octanol–water partition coefficient (Wildman–Crippen LogP) is 3.93. The number of ether oxygens (including phenoxy) is 3. The molecule has 0 aromatic heterocycles. The fourth-order valence-electron chi connectivity index (χ4n) is 4.14. The third-order valence-corrected chi connectivity index (χ3v) is 6.11. The van der Waals surface area contributed by atoms with Crippen LogP contribution in [0.2, 0.25) is 5.02 Å². The largest absolute Gasteiger partial charge is 0.496 e. The quantitative estimate of drug-likeness (QED) is 0.676. The Morgan fingerprint density at radius 3 is 2.67 bits per heavy atom. The second-order valence-corrected chi connectivity index (χ2v) is 8.37. The highest BCUT2D eigenvalue weighted by Gasteiger charge is 2.55. The van der Waals surface area contributed by atoms with E-state index in [-0.39, 0.29) is 11.7 Å². The number of rotatable bonds is 5. The molecule has 6 nitrogen and oxygen atoms in total. The zero-order valence-corrected chi connectivity index (χ0v) is 17.4. The van der Waals surface area contributed by atoms with Crippen LogP contribution in [0.5, 0.6) is 5.75 Å². The molecule has 2 aliphatic heterocycles. The molecule has 2 fully saturated rings. The lowest BCUT2D eigenvalue weighted by atomic mass is 9.97. The number of carbonyl (C=O) groups excluding carboxylic acids is 2. The highest BCUT2D eigenvalue weighted by atomic mass is 35.5. The van der Waals surface area contributed by atoms with E-state index in [1.807, 2.05) is 6.07 Å². The van der Waals surface area contributed by atoms with Crippen molar-refractivity contribution in [1.29, 1.82) is 0 Å². The van der Waals surface area contributed by atoms with E-state index in [0.717, 1.165) is 24.9 Å². The molecule has 0 radical (unpaired) electrons.